The van der Waals surface area contributed by atoms with E-state index in [4.69, 9.17) is 13.9 Å². The van der Waals surface area contributed by atoms with E-state index >= 15 is 0 Å². The summed E-state index contributed by atoms with van der Waals surface area (Å²) in [6, 6.07) is 2.82. The number of nitrogens with zero attached hydrogens (tertiary/aromatic N) is 4. The zero-order valence-corrected chi connectivity index (χ0v) is 22.2. The number of thiazole rings is 1. The summed E-state index contributed by atoms with van der Waals surface area (Å²) in [6.07, 6.45) is -2.98. The molecule has 2 unspecified atom stereocenters. The Balaban J connectivity index is 1.47. The van der Waals surface area contributed by atoms with Crippen molar-refractivity contribution in [2.45, 2.75) is 64.3 Å². The third-order valence-electron chi connectivity index (χ3n) is 6.31. The summed E-state index contributed by atoms with van der Waals surface area (Å²) >= 11 is 1.37. The topological polar surface area (TPSA) is 107 Å². The average Bonchev–Trinajstić information content (AvgIpc) is 3.57. The summed E-state index contributed by atoms with van der Waals surface area (Å²) in [6.45, 7) is 7.55. The molecule has 2 bridgehead atoms. The quantitative estimate of drug-likeness (QED) is 0.389. The molecule has 1 amide bonds. The van der Waals surface area contributed by atoms with Crippen molar-refractivity contribution in [2.24, 2.45) is 0 Å². The lowest BCUT2D eigenvalue weighted by molar-refractivity contribution is -0.216. The van der Waals surface area contributed by atoms with Crippen LogP contribution in [0.4, 0.5) is 19.6 Å². The zero-order valence-electron chi connectivity index (χ0n) is 21.4. The van der Waals surface area contributed by atoms with Gasteiger partial charge in [0.05, 0.1) is 29.9 Å². The molecular weight excluding hydrogens is 522 g/mol. The first-order valence-corrected chi connectivity index (χ1v) is 13.2. The van der Waals surface area contributed by atoms with Crippen molar-refractivity contribution in [2.75, 3.05) is 24.6 Å². The molecule has 2 aliphatic rings. The summed E-state index contributed by atoms with van der Waals surface area (Å²) in [5, 5.41) is 1.80. The van der Waals surface area contributed by atoms with Crippen LogP contribution in [0.25, 0.3) is 22.4 Å². The number of hydrogen-bond donors (Lipinski definition) is 0. The average molecular weight is 551 g/mol. The maximum Gasteiger partial charge on any atom is 0.502 e. The number of piperazine rings is 1. The number of halogens is 2. The number of amides is 1. The second-order valence-electron chi connectivity index (χ2n) is 10.2. The number of alkyl halides is 2. The van der Waals surface area contributed by atoms with E-state index in [9.17, 15) is 18.4 Å². The fourth-order valence-corrected chi connectivity index (χ4v) is 5.36. The summed E-state index contributed by atoms with van der Waals surface area (Å²) < 4.78 is 49.9. The van der Waals surface area contributed by atoms with Gasteiger partial charge in [-0.1, -0.05) is 0 Å². The Morgan fingerprint density at radius 1 is 1.18 bits per heavy atom. The fourth-order valence-electron chi connectivity index (χ4n) is 4.80. The first-order chi connectivity index (χ1) is 18.0. The van der Waals surface area contributed by atoms with E-state index in [-0.39, 0.29) is 47.6 Å². The molecule has 2 aromatic heterocycles. The molecule has 1 aromatic carbocycles. The standard InChI is InChI=1S/C25H28F2N4O6S/c1-5-34-21(32)25(26,27)36-18-9-8-16(17-12-38-13-28-17)20-19(18)29-22(35-20)30-10-14-6-7-15(11-30)31(14)23(33)37-24(2,3)4/h8-9,12-15H,5-7,10-11H2,1-4H3. The molecule has 3 aromatic rings. The van der Waals surface area contributed by atoms with Crippen molar-refractivity contribution in [1.29, 1.82) is 0 Å². The smallest absolute Gasteiger partial charge is 0.459 e. The van der Waals surface area contributed by atoms with Crippen molar-refractivity contribution in [3.63, 3.8) is 0 Å². The van der Waals surface area contributed by atoms with Crippen LogP contribution in [0.1, 0.15) is 40.5 Å². The normalized spacial score (nSPS) is 19.6. The number of oxazole rings is 1. The maximum absolute atomic E-state index is 14.5. The van der Waals surface area contributed by atoms with Gasteiger partial charge in [-0.2, -0.15) is 13.8 Å². The molecule has 5 rings (SSSR count). The van der Waals surface area contributed by atoms with E-state index in [1.54, 1.807) is 15.8 Å². The molecule has 2 aliphatic heterocycles. The number of fused-ring (bicyclic) bond motifs is 3. The number of benzene rings is 1. The first kappa shape index (κ1) is 26.1. The Bertz CT molecular complexity index is 1330. The minimum absolute atomic E-state index is 0.0244. The number of hydrogen-bond acceptors (Lipinski definition) is 10. The molecule has 4 heterocycles. The van der Waals surface area contributed by atoms with Crippen molar-refractivity contribution in [3.8, 4) is 17.0 Å². The predicted octanol–water partition coefficient (Wildman–Crippen LogP) is 5.07. The molecule has 0 radical (unpaired) electrons. The summed E-state index contributed by atoms with van der Waals surface area (Å²) in [7, 11) is 0. The van der Waals surface area contributed by atoms with E-state index in [2.05, 4.69) is 14.7 Å². The fraction of sp³-hybridized carbons (Fsp3) is 0.520. The number of rotatable bonds is 6. The Morgan fingerprint density at radius 3 is 2.50 bits per heavy atom. The SMILES string of the molecule is CCOC(=O)C(F)(F)Oc1ccc(-c2cscn2)c2oc(N3CC4CCC(C3)N4C(=O)OC(C)(C)C)nc12. The van der Waals surface area contributed by atoms with Crippen molar-refractivity contribution >= 4 is 40.5 Å². The number of anilines is 1. The minimum Gasteiger partial charge on any atom is -0.459 e. The number of esters is 1. The predicted molar refractivity (Wildman–Crippen MR) is 134 cm³/mol. The van der Waals surface area contributed by atoms with Gasteiger partial charge in [0.15, 0.2) is 16.8 Å². The lowest BCUT2D eigenvalue weighted by Gasteiger charge is -2.40. The monoisotopic (exact) mass is 550 g/mol. The van der Waals surface area contributed by atoms with Gasteiger partial charge in [0.25, 0.3) is 6.01 Å². The van der Waals surface area contributed by atoms with E-state index < -0.39 is 17.7 Å². The Kier molecular flexibility index (Phi) is 6.66. The lowest BCUT2D eigenvalue weighted by Crippen LogP contribution is -2.56. The highest BCUT2D eigenvalue weighted by Crippen LogP contribution is 2.40. The second-order valence-corrected chi connectivity index (χ2v) is 10.9. The van der Waals surface area contributed by atoms with Gasteiger partial charge >= 0.3 is 18.2 Å². The van der Waals surface area contributed by atoms with Crippen molar-refractivity contribution in [1.82, 2.24) is 14.9 Å². The molecule has 0 saturated carbocycles. The lowest BCUT2D eigenvalue weighted by atomic mass is 10.1. The van der Waals surface area contributed by atoms with Crippen LogP contribution in [0, 0.1) is 0 Å². The second kappa shape index (κ2) is 9.68. The molecule has 2 fully saturated rings. The van der Waals surface area contributed by atoms with Gasteiger partial charge in [-0.25, -0.2) is 14.6 Å². The van der Waals surface area contributed by atoms with Gasteiger partial charge in [0.1, 0.15) is 5.60 Å². The van der Waals surface area contributed by atoms with E-state index in [1.807, 2.05) is 25.7 Å². The van der Waals surface area contributed by atoms with Gasteiger partial charge < -0.3 is 23.5 Å². The largest absolute Gasteiger partial charge is 0.502 e. The number of ether oxygens (including phenoxy) is 3. The summed E-state index contributed by atoms with van der Waals surface area (Å²) in [5.41, 5.74) is 2.39. The number of carbonyl (C=O) groups is 2. The first-order valence-electron chi connectivity index (χ1n) is 12.3. The Labute approximate surface area is 221 Å². The van der Waals surface area contributed by atoms with Crippen molar-refractivity contribution < 1.29 is 37.0 Å². The van der Waals surface area contributed by atoms with Gasteiger partial charge in [0.2, 0.25) is 0 Å². The highest BCUT2D eigenvalue weighted by Gasteiger charge is 2.47. The Hall–Kier alpha value is -3.48. The van der Waals surface area contributed by atoms with Gasteiger partial charge in [-0.3, -0.25) is 4.90 Å². The highest BCUT2D eigenvalue weighted by atomic mass is 32.1. The van der Waals surface area contributed by atoms with Gasteiger partial charge in [-0.15, -0.1) is 11.3 Å². The van der Waals surface area contributed by atoms with Gasteiger partial charge in [-0.05, 0) is 52.7 Å². The van der Waals surface area contributed by atoms with Crippen LogP contribution in [0.3, 0.4) is 0 Å². The van der Waals surface area contributed by atoms with E-state index in [0.717, 1.165) is 12.8 Å². The van der Waals surface area contributed by atoms with Crippen molar-refractivity contribution in [3.05, 3.63) is 23.0 Å². The molecule has 0 spiro atoms. The third-order valence-corrected chi connectivity index (χ3v) is 6.90. The molecule has 204 valence electrons. The van der Waals surface area contributed by atoms with E-state index in [0.29, 0.717) is 24.3 Å². The third kappa shape index (κ3) is 4.98. The van der Waals surface area contributed by atoms with Crippen LogP contribution >= 0.6 is 11.3 Å². The molecule has 13 heteroatoms. The number of aromatic nitrogens is 2. The van der Waals surface area contributed by atoms with Crippen LogP contribution in [-0.2, 0) is 14.3 Å². The van der Waals surface area contributed by atoms with Crippen LogP contribution < -0.4 is 9.64 Å². The number of carbonyl (C=O) groups excluding carboxylic acids is 2. The summed E-state index contributed by atoms with van der Waals surface area (Å²) in [5.74, 6) is -2.13. The van der Waals surface area contributed by atoms with Crippen LogP contribution in [0.15, 0.2) is 27.4 Å². The molecular formula is C25H28F2N4O6S. The molecule has 38 heavy (non-hydrogen) atoms. The Morgan fingerprint density at radius 2 is 1.89 bits per heavy atom. The summed E-state index contributed by atoms with van der Waals surface area (Å²) in [4.78, 5) is 37.1. The molecule has 2 saturated heterocycles. The molecule has 2 atom stereocenters. The molecule has 0 aliphatic carbocycles. The zero-order chi connectivity index (χ0) is 27.2. The van der Waals surface area contributed by atoms with Gasteiger partial charge in [0, 0.05) is 24.0 Å². The maximum atomic E-state index is 14.5. The van der Waals surface area contributed by atoms with Crippen LogP contribution in [0.2, 0.25) is 0 Å². The highest BCUT2D eigenvalue weighted by molar-refractivity contribution is 7.07. The minimum atomic E-state index is -4.22. The molecule has 0 N–H and O–H groups in total. The van der Waals surface area contributed by atoms with E-state index in [1.165, 1.54) is 30.4 Å². The molecule has 10 nitrogen and oxygen atoms in total. The van der Waals surface area contributed by atoms with Crippen LogP contribution in [-0.4, -0.2) is 70.4 Å². The van der Waals surface area contributed by atoms with Crippen LogP contribution in [0.5, 0.6) is 5.75 Å².